The molecule has 1 rings (SSSR count). The SMILES string of the molecule is CCNC(=NCC(C)N1CCOCC1)NCCCOC.I. The Morgan fingerprint density at radius 2 is 2.05 bits per heavy atom. The highest BCUT2D eigenvalue weighted by atomic mass is 127. The zero-order valence-electron chi connectivity index (χ0n) is 13.6. The molecule has 0 aromatic heterocycles. The van der Waals surface area contributed by atoms with Gasteiger partial charge in [0.25, 0.3) is 0 Å². The molecule has 1 saturated heterocycles. The van der Waals surface area contributed by atoms with Gasteiger partial charge in [-0.05, 0) is 20.3 Å². The summed E-state index contributed by atoms with van der Waals surface area (Å²) >= 11 is 0. The smallest absolute Gasteiger partial charge is 0.191 e. The van der Waals surface area contributed by atoms with Crippen LogP contribution in [-0.4, -0.2) is 76.6 Å². The number of guanidine groups is 1. The van der Waals surface area contributed by atoms with Crippen LogP contribution in [0, 0.1) is 0 Å². The third kappa shape index (κ3) is 9.49. The quantitative estimate of drug-likeness (QED) is 0.268. The molecule has 0 radical (unpaired) electrons. The molecule has 0 spiro atoms. The standard InChI is InChI=1S/C14H30N4O2.HI/c1-4-15-14(16-6-5-9-19-3)17-12-13(2)18-7-10-20-11-8-18;/h13H,4-12H2,1-3H3,(H2,15,16,17);1H. The van der Waals surface area contributed by atoms with E-state index < -0.39 is 0 Å². The molecule has 1 aliphatic heterocycles. The average Bonchev–Trinajstić information content (AvgIpc) is 2.49. The summed E-state index contributed by atoms with van der Waals surface area (Å²) in [6, 6.07) is 0.452. The van der Waals surface area contributed by atoms with E-state index in [2.05, 4.69) is 34.4 Å². The van der Waals surface area contributed by atoms with Crippen molar-refractivity contribution >= 4 is 29.9 Å². The zero-order chi connectivity index (χ0) is 14.6. The van der Waals surface area contributed by atoms with Crippen molar-refractivity contribution in [1.29, 1.82) is 0 Å². The van der Waals surface area contributed by atoms with Crippen LogP contribution in [0.3, 0.4) is 0 Å². The average molecular weight is 414 g/mol. The van der Waals surface area contributed by atoms with Crippen LogP contribution in [0.25, 0.3) is 0 Å². The van der Waals surface area contributed by atoms with E-state index in [1.807, 2.05) is 0 Å². The minimum absolute atomic E-state index is 0. The molecule has 21 heavy (non-hydrogen) atoms. The Balaban J connectivity index is 0.00000400. The van der Waals surface area contributed by atoms with Gasteiger partial charge in [-0.3, -0.25) is 9.89 Å². The van der Waals surface area contributed by atoms with Gasteiger partial charge in [0.1, 0.15) is 0 Å². The van der Waals surface area contributed by atoms with E-state index in [1.54, 1.807) is 7.11 Å². The largest absolute Gasteiger partial charge is 0.385 e. The molecule has 1 aliphatic rings. The number of nitrogens with zero attached hydrogens (tertiary/aromatic N) is 2. The van der Waals surface area contributed by atoms with E-state index >= 15 is 0 Å². The van der Waals surface area contributed by atoms with Crippen molar-refractivity contribution in [3.05, 3.63) is 0 Å². The molecule has 1 fully saturated rings. The molecule has 0 saturated carbocycles. The predicted octanol–water partition coefficient (Wildman–Crippen LogP) is 0.917. The summed E-state index contributed by atoms with van der Waals surface area (Å²) in [6.45, 7) is 11.3. The summed E-state index contributed by atoms with van der Waals surface area (Å²) in [4.78, 5) is 7.09. The number of ether oxygens (including phenoxy) is 2. The molecule has 1 atom stereocenters. The summed E-state index contributed by atoms with van der Waals surface area (Å²) in [5, 5.41) is 6.60. The van der Waals surface area contributed by atoms with Crippen molar-refractivity contribution < 1.29 is 9.47 Å². The molecule has 6 nitrogen and oxygen atoms in total. The van der Waals surface area contributed by atoms with Crippen LogP contribution in [0.1, 0.15) is 20.3 Å². The molecular formula is C14H31IN4O2. The van der Waals surface area contributed by atoms with Gasteiger partial charge >= 0.3 is 0 Å². The summed E-state index contributed by atoms with van der Waals surface area (Å²) < 4.78 is 10.4. The fraction of sp³-hybridized carbons (Fsp3) is 0.929. The van der Waals surface area contributed by atoms with Gasteiger partial charge in [-0.25, -0.2) is 0 Å². The molecule has 126 valence electrons. The highest BCUT2D eigenvalue weighted by Crippen LogP contribution is 2.03. The van der Waals surface area contributed by atoms with Gasteiger partial charge < -0.3 is 20.1 Å². The minimum Gasteiger partial charge on any atom is -0.385 e. The van der Waals surface area contributed by atoms with Crippen LogP contribution in [0.4, 0.5) is 0 Å². The first-order valence-electron chi connectivity index (χ1n) is 7.60. The molecular weight excluding hydrogens is 383 g/mol. The van der Waals surface area contributed by atoms with Crippen molar-refractivity contribution in [2.24, 2.45) is 4.99 Å². The van der Waals surface area contributed by atoms with Crippen molar-refractivity contribution in [3.63, 3.8) is 0 Å². The Labute approximate surface area is 146 Å². The van der Waals surface area contributed by atoms with E-state index in [1.165, 1.54) is 0 Å². The van der Waals surface area contributed by atoms with E-state index in [0.717, 1.165) is 64.9 Å². The molecule has 0 amide bonds. The molecule has 0 bridgehead atoms. The summed E-state index contributed by atoms with van der Waals surface area (Å²) in [5.74, 6) is 0.892. The Morgan fingerprint density at radius 3 is 2.67 bits per heavy atom. The fourth-order valence-electron chi connectivity index (χ4n) is 2.12. The zero-order valence-corrected chi connectivity index (χ0v) is 15.9. The maximum atomic E-state index is 5.38. The van der Waals surface area contributed by atoms with Crippen molar-refractivity contribution in [3.8, 4) is 0 Å². The van der Waals surface area contributed by atoms with Gasteiger partial charge in [0, 0.05) is 45.9 Å². The highest BCUT2D eigenvalue weighted by Gasteiger charge is 2.16. The number of nitrogens with one attached hydrogen (secondary N) is 2. The number of aliphatic imine (C=N–C) groups is 1. The Kier molecular flexibility index (Phi) is 13.5. The molecule has 0 aromatic carbocycles. The van der Waals surface area contributed by atoms with E-state index in [-0.39, 0.29) is 24.0 Å². The summed E-state index contributed by atoms with van der Waals surface area (Å²) in [6.07, 6.45) is 0.986. The topological polar surface area (TPSA) is 58.1 Å². The second-order valence-electron chi connectivity index (χ2n) is 4.99. The molecule has 0 aliphatic carbocycles. The number of morpholine rings is 1. The highest BCUT2D eigenvalue weighted by molar-refractivity contribution is 14.0. The lowest BCUT2D eigenvalue weighted by Crippen LogP contribution is -2.44. The minimum atomic E-state index is 0. The van der Waals surface area contributed by atoms with Crippen molar-refractivity contribution in [1.82, 2.24) is 15.5 Å². The first kappa shape index (κ1) is 20.9. The van der Waals surface area contributed by atoms with Crippen LogP contribution in [0.5, 0.6) is 0 Å². The molecule has 2 N–H and O–H groups in total. The predicted molar refractivity (Wildman–Crippen MR) is 97.7 cm³/mol. The Bertz CT molecular complexity index is 274. The summed E-state index contributed by atoms with van der Waals surface area (Å²) in [7, 11) is 1.73. The van der Waals surface area contributed by atoms with Gasteiger partial charge in [-0.15, -0.1) is 24.0 Å². The van der Waals surface area contributed by atoms with Gasteiger partial charge in [-0.2, -0.15) is 0 Å². The van der Waals surface area contributed by atoms with Gasteiger partial charge in [0.15, 0.2) is 5.96 Å². The third-order valence-corrected chi connectivity index (χ3v) is 3.34. The van der Waals surface area contributed by atoms with E-state index in [0.29, 0.717) is 6.04 Å². The molecule has 1 heterocycles. The lowest BCUT2D eigenvalue weighted by Gasteiger charge is -2.31. The van der Waals surface area contributed by atoms with E-state index in [9.17, 15) is 0 Å². The first-order chi connectivity index (χ1) is 9.77. The second kappa shape index (κ2) is 13.5. The van der Waals surface area contributed by atoms with Crippen LogP contribution in [0.15, 0.2) is 4.99 Å². The number of hydrogen-bond acceptors (Lipinski definition) is 4. The maximum absolute atomic E-state index is 5.38. The lowest BCUT2D eigenvalue weighted by atomic mass is 10.2. The third-order valence-electron chi connectivity index (χ3n) is 3.34. The van der Waals surface area contributed by atoms with Crippen LogP contribution < -0.4 is 10.6 Å². The fourth-order valence-corrected chi connectivity index (χ4v) is 2.12. The number of halogens is 1. The van der Waals surface area contributed by atoms with Gasteiger partial charge in [-0.1, -0.05) is 0 Å². The lowest BCUT2D eigenvalue weighted by molar-refractivity contribution is 0.0220. The molecule has 0 aromatic rings. The number of hydrogen-bond donors (Lipinski definition) is 2. The van der Waals surface area contributed by atoms with Gasteiger partial charge in [0.05, 0.1) is 19.8 Å². The first-order valence-corrected chi connectivity index (χ1v) is 7.60. The maximum Gasteiger partial charge on any atom is 0.191 e. The normalized spacial score (nSPS) is 18.0. The van der Waals surface area contributed by atoms with Crippen molar-refractivity contribution in [2.75, 3.05) is 59.7 Å². The monoisotopic (exact) mass is 414 g/mol. The second-order valence-corrected chi connectivity index (χ2v) is 4.99. The van der Waals surface area contributed by atoms with Crippen molar-refractivity contribution in [2.45, 2.75) is 26.3 Å². The van der Waals surface area contributed by atoms with Crippen LogP contribution in [-0.2, 0) is 9.47 Å². The van der Waals surface area contributed by atoms with Crippen LogP contribution >= 0.6 is 24.0 Å². The Morgan fingerprint density at radius 1 is 1.33 bits per heavy atom. The number of rotatable bonds is 8. The van der Waals surface area contributed by atoms with E-state index in [4.69, 9.17) is 9.47 Å². The Hall–Kier alpha value is -0.120. The molecule has 1 unspecified atom stereocenters. The number of methoxy groups -OCH3 is 1. The van der Waals surface area contributed by atoms with Gasteiger partial charge in [0.2, 0.25) is 0 Å². The molecule has 7 heteroatoms. The van der Waals surface area contributed by atoms with Crippen LogP contribution in [0.2, 0.25) is 0 Å². The summed E-state index contributed by atoms with van der Waals surface area (Å²) in [5.41, 5.74) is 0.